The van der Waals surface area contributed by atoms with E-state index in [-0.39, 0.29) is 6.04 Å². The Kier molecular flexibility index (Phi) is 5.78. The third-order valence-electron chi connectivity index (χ3n) is 5.19. The fourth-order valence-corrected chi connectivity index (χ4v) is 3.52. The number of fused-ring (bicyclic) bond motifs is 1. The van der Waals surface area contributed by atoms with Crippen molar-refractivity contribution in [3.05, 3.63) is 41.5 Å². The highest BCUT2D eigenvalue weighted by Crippen LogP contribution is 2.30. The van der Waals surface area contributed by atoms with E-state index in [1.807, 2.05) is 29.8 Å². The lowest BCUT2D eigenvalue weighted by Gasteiger charge is -2.25. The molecule has 2 N–H and O–H groups in total. The summed E-state index contributed by atoms with van der Waals surface area (Å²) < 4.78 is 8.04. The predicted octanol–water partition coefficient (Wildman–Crippen LogP) is 2.97. The Balaban J connectivity index is 1.45. The van der Waals surface area contributed by atoms with E-state index in [1.165, 1.54) is 12.8 Å². The molecule has 150 valence electrons. The van der Waals surface area contributed by atoms with E-state index in [0.29, 0.717) is 6.54 Å². The number of hydrogen-bond donors (Lipinski definition) is 2. The van der Waals surface area contributed by atoms with Crippen LogP contribution in [0.25, 0.3) is 0 Å². The number of nitrogens with one attached hydrogen (secondary N) is 2. The Morgan fingerprint density at radius 2 is 2.14 bits per heavy atom. The van der Waals surface area contributed by atoms with E-state index in [1.54, 1.807) is 0 Å². The number of para-hydroxylation sites is 1. The Hall–Kier alpha value is -2.57. The van der Waals surface area contributed by atoms with Crippen LogP contribution in [0.2, 0.25) is 0 Å². The van der Waals surface area contributed by atoms with Crippen molar-refractivity contribution < 1.29 is 4.74 Å². The third kappa shape index (κ3) is 4.64. The molecule has 7 nitrogen and oxygen atoms in total. The normalized spacial score (nSPS) is 19.2. The van der Waals surface area contributed by atoms with E-state index in [2.05, 4.69) is 33.7 Å². The second-order valence-corrected chi connectivity index (χ2v) is 7.64. The monoisotopic (exact) mass is 382 g/mol. The summed E-state index contributed by atoms with van der Waals surface area (Å²) in [4.78, 5) is 9.43. The summed E-state index contributed by atoms with van der Waals surface area (Å²) in [6.45, 7) is 7.17. The minimum absolute atomic E-state index is 0.133. The van der Waals surface area contributed by atoms with Gasteiger partial charge in [-0.3, -0.25) is 0 Å². The lowest BCUT2D eigenvalue weighted by molar-refractivity contribution is 0.297. The Labute approximate surface area is 166 Å². The number of ether oxygens (including phenoxy) is 1. The van der Waals surface area contributed by atoms with Crippen LogP contribution < -0.4 is 15.4 Å². The molecule has 4 rings (SSSR count). The summed E-state index contributed by atoms with van der Waals surface area (Å²) in [7, 11) is 0. The van der Waals surface area contributed by atoms with Crippen LogP contribution in [-0.4, -0.2) is 33.9 Å². The van der Waals surface area contributed by atoms with Gasteiger partial charge in [-0.1, -0.05) is 18.2 Å². The maximum atomic E-state index is 6.02. The second kappa shape index (κ2) is 8.63. The van der Waals surface area contributed by atoms with Crippen LogP contribution >= 0.6 is 0 Å². The molecule has 1 fully saturated rings. The van der Waals surface area contributed by atoms with Gasteiger partial charge in [0.1, 0.15) is 17.4 Å². The Bertz CT molecular complexity index is 826. The second-order valence-electron chi connectivity index (χ2n) is 7.64. The molecule has 0 radical (unpaired) electrons. The first-order valence-electron chi connectivity index (χ1n) is 10.4. The van der Waals surface area contributed by atoms with E-state index in [9.17, 15) is 0 Å². The van der Waals surface area contributed by atoms with E-state index in [0.717, 1.165) is 67.4 Å². The van der Waals surface area contributed by atoms with Crippen molar-refractivity contribution in [3.8, 4) is 5.75 Å². The topological polar surface area (TPSA) is 76.4 Å². The van der Waals surface area contributed by atoms with Gasteiger partial charge in [0.15, 0.2) is 5.96 Å². The summed E-state index contributed by atoms with van der Waals surface area (Å²) in [6, 6.07) is 8.34. The average molecular weight is 383 g/mol. The maximum Gasteiger partial charge on any atom is 0.192 e. The number of aryl methyl sites for hydroxylation is 2. The van der Waals surface area contributed by atoms with Crippen LogP contribution in [0.5, 0.6) is 5.75 Å². The van der Waals surface area contributed by atoms with Gasteiger partial charge in [-0.25, -0.2) is 14.7 Å². The smallest absolute Gasteiger partial charge is 0.192 e. The summed E-state index contributed by atoms with van der Waals surface area (Å²) in [5.74, 6) is 4.32. The minimum Gasteiger partial charge on any atom is -0.493 e. The standard InChI is InChI=1S/C21H30N6O/c1-3-22-21(25-18-8-6-12-27-20(18)24-15(2)26-27)23-13-17-7-4-5-9-19(17)28-14-16-10-11-16/h4-5,7,9,16,18H,3,6,8,10-14H2,1-2H3,(H2,22,23,25). The summed E-state index contributed by atoms with van der Waals surface area (Å²) >= 11 is 0. The first-order chi connectivity index (χ1) is 13.7. The third-order valence-corrected chi connectivity index (χ3v) is 5.19. The SMILES string of the molecule is CCNC(=NCc1ccccc1OCC1CC1)NC1CCCn2nc(C)nc21. The summed E-state index contributed by atoms with van der Waals surface area (Å²) in [5.41, 5.74) is 1.11. The van der Waals surface area contributed by atoms with Crippen molar-refractivity contribution in [1.82, 2.24) is 25.4 Å². The molecule has 0 spiro atoms. The van der Waals surface area contributed by atoms with Crippen LogP contribution in [0.15, 0.2) is 29.3 Å². The molecular weight excluding hydrogens is 352 g/mol. The van der Waals surface area contributed by atoms with Gasteiger partial charge in [-0.2, -0.15) is 5.10 Å². The molecule has 1 aromatic carbocycles. The fraction of sp³-hybridized carbons (Fsp3) is 0.571. The number of guanidine groups is 1. The molecule has 0 amide bonds. The van der Waals surface area contributed by atoms with Crippen molar-refractivity contribution >= 4 is 5.96 Å². The molecule has 1 aromatic heterocycles. The zero-order chi connectivity index (χ0) is 19.3. The quantitative estimate of drug-likeness (QED) is 0.569. The Morgan fingerprint density at radius 1 is 1.29 bits per heavy atom. The van der Waals surface area contributed by atoms with Gasteiger partial charge >= 0.3 is 0 Å². The number of benzene rings is 1. The highest BCUT2D eigenvalue weighted by atomic mass is 16.5. The number of aliphatic imine (C=N–C) groups is 1. The van der Waals surface area contributed by atoms with Crippen molar-refractivity contribution in [2.45, 2.75) is 58.7 Å². The van der Waals surface area contributed by atoms with Gasteiger partial charge in [-0.15, -0.1) is 0 Å². The number of nitrogens with zero attached hydrogens (tertiary/aromatic N) is 4. The molecular formula is C21H30N6O. The molecule has 7 heteroatoms. The van der Waals surface area contributed by atoms with Gasteiger partial charge in [0.05, 0.1) is 19.2 Å². The van der Waals surface area contributed by atoms with Crippen LogP contribution in [0, 0.1) is 12.8 Å². The zero-order valence-electron chi connectivity index (χ0n) is 16.8. The van der Waals surface area contributed by atoms with E-state index < -0.39 is 0 Å². The number of rotatable bonds is 7. The molecule has 1 atom stereocenters. The van der Waals surface area contributed by atoms with Crippen LogP contribution in [0.1, 0.15) is 55.9 Å². The summed E-state index contributed by atoms with van der Waals surface area (Å²) in [6.07, 6.45) is 4.70. The van der Waals surface area contributed by atoms with Crippen LogP contribution in [0.3, 0.4) is 0 Å². The zero-order valence-corrected chi connectivity index (χ0v) is 16.8. The average Bonchev–Trinajstić information content (AvgIpc) is 3.44. The molecule has 2 heterocycles. The lowest BCUT2D eigenvalue weighted by Crippen LogP contribution is -2.41. The molecule has 1 saturated carbocycles. The van der Waals surface area contributed by atoms with Crippen molar-refractivity contribution in [1.29, 1.82) is 0 Å². The number of aromatic nitrogens is 3. The summed E-state index contributed by atoms with van der Waals surface area (Å²) in [5, 5.41) is 11.4. The number of hydrogen-bond acceptors (Lipinski definition) is 4. The molecule has 28 heavy (non-hydrogen) atoms. The van der Waals surface area contributed by atoms with Crippen LogP contribution in [-0.2, 0) is 13.1 Å². The Morgan fingerprint density at radius 3 is 2.96 bits per heavy atom. The highest BCUT2D eigenvalue weighted by Gasteiger charge is 2.24. The molecule has 1 aliphatic carbocycles. The van der Waals surface area contributed by atoms with Crippen molar-refractivity contribution in [2.75, 3.05) is 13.2 Å². The molecule has 2 aromatic rings. The molecule has 0 bridgehead atoms. The van der Waals surface area contributed by atoms with E-state index >= 15 is 0 Å². The van der Waals surface area contributed by atoms with Crippen molar-refractivity contribution in [2.24, 2.45) is 10.9 Å². The largest absolute Gasteiger partial charge is 0.493 e. The van der Waals surface area contributed by atoms with Gasteiger partial charge in [-0.05, 0) is 51.5 Å². The van der Waals surface area contributed by atoms with Gasteiger partial charge in [0.2, 0.25) is 0 Å². The molecule has 1 aliphatic heterocycles. The van der Waals surface area contributed by atoms with Gasteiger partial charge < -0.3 is 15.4 Å². The minimum atomic E-state index is 0.133. The predicted molar refractivity (Wildman–Crippen MR) is 109 cm³/mol. The highest BCUT2D eigenvalue weighted by molar-refractivity contribution is 5.80. The fourth-order valence-electron chi connectivity index (χ4n) is 3.52. The lowest BCUT2D eigenvalue weighted by atomic mass is 10.1. The van der Waals surface area contributed by atoms with Crippen molar-refractivity contribution in [3.63, 3.8) is 0 Å². The van der Waals surface area contributed by atoms with Gasteiger partial charge in [0.25, 0.3) is 0 Å². The maximum absolute atomic E-state index is 6.02. The van der Waals surface area contributed by atoms with Gasteiger partial charge in [0, 0.05) is 18.7 Å². The molecule has 0 saturated heterocycles. The van der Waals surface area contributed by atoms with Crippen LogP contribution in [0.4, 0.5) is 0 Å². The van der Waals surface area contributed by atoms with E-state index in [4.69, 9.17) is 9.73 Å². The molecule has 2 aliphatic rings. The first-order valence-corrected chi connectivity index (χ1v) is 10.4. The first kappa shape index (κ1) is 18.8. The molecule has 1 unspecified atom stereocenters.